The highest BCUT2D eigenvalue weighted by atomic mass is 31.1. The Kier molecular flexibility index (Phi) is 10.3. The van der Waals surface area contributed by atoms with Crippen LogP contribution in [0.5, 0.6) is 0 Å². The number of aryl methyl sites for hydroxylation is 3. The largest absolute Gasteiger partial charge is 0.481 e. The Balaban J connectivity index is 2.21. The van der Waals surface area contributed by atoms with Gasteiger partial charge in [0.15, 0.2) is 6.16 Å². The molecule has 1 rings (SSSR count). The fraction of sp³-hybridized carbons (Fsp3) is 0.619. The summed E-state index contributed by atoms with van der Waals surface area (Å²) >= 11 is 0. The van der Waals surface area contributed by atoms with E-state index in [0.717, 1.165) is 68.1 Å². The summed E-state index contributed by atoms with van der Waals surface area (Å²) in [6, 6.07) is 3.94. The Hall–Kier alpha value is -1.54. The van der Waals surface area contributed by atoms with Crippen LogP contribution in [0.15, 0.2) is 12.1 Å². The quantitative estimate of drug-likeness (QED) is 0.328. The summed E-state index contributed by atoms with van der Waals surface area (Å²) in [7, 11) is -1.84. The molecule has 0 radical (unpaired) electrons. The lowest BCUT2D eigenvalue weighted by Gasteiger charge is -2.05. The van der Waals surface area contributed by atoms with Crippen LogP contribution in [0.1, 0.15) is 84.8 Å². The molecule has 26 heavy (non-hydrogen) atoms. The highest BCUT2D eigenvalue weighted by Crippen LogP contribution is 2.32. The molecule has 0 bridgehead atoms. The SMILES string of the molecule is Cc1cc(C)c(C(=O)[P+](=O)CCCCCCCCCCC(=O)O)c(C)c1. The summed E-state index contributed by atoms with van der Waals surface area (Å²) in [6.07, 6.45) is 8.68. The van der Waals surface area contributed by atoms with Gasteiger partial charge in [0.25, 0.3) is 0 Å². The van der Waals surface area contributed by atoms with Crippen LogP contribution in [0.2, 0.25) is 0 Å². The van der Waals surface area contributed by atoms with Crippen LogP contribution in [0.4, 0.5) is 0 Å². The van der Waals surface area contributed by atoms with Crippen LogP contribution in [0.3, 0.4) is 0 Å². The van der Waals surface area contributed by atoms with Crippen molar-refractivity contribution in [2.24, 2.45) is 0 Å². The molecule has 4 nitrogen and oxygen atoms in total. The van der Waals surface area contributed by atoms with E-state index < -0.39 is 13.8 Å². The van der Waals surface area contributed by atoms with Gasteiger partial charge in [0.05, 0.1) is 5.56 Å². The van der Waals surface area contributed by atoms with E-state index in [1.54, 1.807) is 0 Å². The van der Waals surface area contributed by atoms with Crippen molar-refractivity contribution in [2.45, 2.75) is 78.6 Å². The van der Waals surface area contributed by atoms with Gasteiger partial charge < -0.3 is 5.11 Å². The second kappa shape index (κ2) is 12.0. The summed E-state index contributed by atoms with van der Waals surface area (Å²) in [6.45, 7) is 5.82. The average Bonchev–Trinajstić information content (AvgIpc) is 2.54. The van der Waals surface area contributed by atoms with Gasteiger partial charge in [-0.25, -0.2) is 4.79 Å². The van der Waals surface area contributed by atoms with E-state index >= 15 is 0 Å². The molecule has 1 aromatic carbocycles. The van der Waals surface area contributed by atoms with Crippen LogP contribution < -0.4 is 0 Å². The molecule has 5 heteroatoms. The van der Waals surface area contributed by atoms with Gasteiger partial charge in [0.1, 0.15) is 0 Å². The highest BCUT2D eigenvalue weighted by Gasteiger charge is 2.31. The Morgan fingerprint density at radius 1 is 0.846 bits per heavy atom. The number of hydrogen-bond donors (Lipinski definition) is 1. The number of benzene rings is 1. The van der Waals surface area contributed by atoms with Gasteiger partial charge in [-0.05, 0) is 51.2 Å². The van der Waals surface area contributed by atoms with Crippen molar-refractivity contribution >= 4 is 19.3 Å². The van der Waals surface area contributed by atoms with Gasteiger partial charge in [-0.1, -0.05) is 54.4 Å². The number of unbranched alkanes of at least 4 members (excludes halogenated alkanes) is 7. The maximum absolute atomic E-state index is 12.5. The first-order valence-corrected chi connectivity index (χ1v) is 11.1. The summed E-state index contributed by atoms with van der Waals surface area (Å²) in [5.74, 6) is -0.718. The molecule has 0 amide bonds. The number of rotatable bonds is 13. The van der Waals surface area contributed by atoms with Crippen molar-refractivity contribution in [3.8, 4) is 0 Å². The van der Waals surface area contributed by atoms with Gasteiger partial charge in [-0.15, -0.1) is 0 Å². The zero-order chi connectivity index (χ0) is 19.5. The van der Waals surface area contributed by atoms with E-state index in [1.807, 2.05) is 32.9 Å². The second-order valence-corrected chi connectivity index (χ2v) is 8.76. The van der Waals surface area contributed by atoms with E-state index in [4.69, 9.17) is 5.11 Å². The van der Waals surface area contributed by atoms with E-state index in [0.29, 0.717) is 11.7 Å². The lowest BCUT2D eigenvalue weighted by Crippen LogP contribution is -2.02. The third-order valence-electron chi connectivity index (χ3n) is 4.62. The molecule has 0 saturated carbocycles. The molecular formula is C21H32O4P+. The Morgan fingerprint density at radius 3 is 1.81 bits per heavy atom. The number of aliphatic carboxylic acids is 1. The zero-order valence-electron chi connectivity index (χ0n) is 16.3. The molecule has 0 fully saturated rings. The van der Waals surface area contributed by atoms with Crippen LogP contribution >= 0.6 is 7.80 Å². The molecule has 1 atom stereocenters. The first-order chi connectivity index (χ1) is 12.3. The topological polar surface area (TPSA) is 71.4 Å². The summed E-state index contributed by atoms with van der Waals surface area (Å²) in [5, 5.41) is 8.56. The Morgan fingerprint density at radius 2 is 1.31 bits per heavy atom. The first-order valence-electron chi connectivity index (χ1n) is 9.61. The number of hydrogen-bond acceptors (Lipinski definition) is 3. The van der Waals surface area contributed by atoms with Gasteiger partial charge in [0.2, 0.25) is 0 Å². The molecule has 1 aromatic rings. The predicted molar refractivity (Wildman–Crippen MR) is 107 cm³/mol. The van der Waals surface area contributed by atoms with Crippen LogP contribution in [-0.2, 0) is 9.36 Å². The lowest BCUT2D eigenvalue weighted by molar-refractivity contribution is -0.137. The maximum atomic E-state index is 12.5. The smallest absolute Gasteiger partial charge is 0.420 e. The number of carboxylic acid groups (broad SMARTS) is 1. The molecule has 0 aliphatic carbocycles. The molecule has 0 aliphatic rings. The van der Waals surface area contributed by atoms with Crippen LogP contribution in [0.25, 0.3) is 0 Å². The van der Waals surface area contributed by atoms with Gasteiger partial charge in [-0.3, -0.25) is 4.79 Å². The molecule has 0 aromatic heterocycles. The molecule has 1 N–H and O–H groups in total. The Labute approximate surface area is 158 Å². The molecule has 0 spiro atoms. The minimum Gasteiger partial charge on any atom is -0.481 e. The van der Waals surface area contributed by atoms with Crippen molar-refractivity contribution in [3.05, 3.63) is 34.4 Å². The number of carbonyl (C=O) groups excluding carboxylic acids is 1. The lowest BCUT2D eigenvalue weighted by atomic mass is 10.0. The van der Waals surface area contributed by atoms with Gasteiger partial charge in [0, 0.05) is 6.42 Å². The number of carboxylic acids is 1. The fourth-order valence-corrected chi connectivity index (χ4v) is 4.65. The van der Waals surface area contributed by atoms with E-state index in [2.05, 4.69) is 0 Å². The van der Waals surface area contributed by atoms with E-state index in [1.165, 1.54) is 0 Å². The average molecular weight is 379 g/mol. The fourth-order valence-electron chi connectivity index (χ4n) is 3.34. The molecular weight excluding hydrogens is 347 g/mol. The van der Waals surface area contributed by atoms with Crippen molar-refractivity contribution in [1.29, 1.82) is 0 Å². The predicted octanol–water partition coefficient (Wildman–Crippen LogP) is 6.17. The highest BCUT2D eigenvalue weighted by molar-refractivity contribution is 7.64. The second-order valence-electron chi connectivity index (χ2n) is 7.15. The summed E-state index contributed by atoms with van der Waals surface area (Å²) < 4.78 is 12.3. The van der Waals surface area contributed by atoms with Crippen molar-refractivity contribution in [3.63, 3.8) is 0 Å². The minimum atomic E-state index is -1.84. The minimum absolute atomic E-state index is 0.201. The zero-order valence-corrected chi connectivity index (χ0v) is 17.2. The van der Waals surface area contributed by atoms with Crippen molar-refractivity contribution < 1.29 is 19.3 Å². The summed E-state index contributed by atoms with van der Waals surface area (Å²) in [4.78, 5) is 22.9. The maximum Gasteiger partial charge on any atom is 0.420 e. The molecule has 0 heterocycles. The first kappa shape index (κ1) is 22.5. The van der Waals surface area contributed by atoms with Gasteiger partial charge in [-0.2, -0.15) is 0 Å². The molecule has 1 unspecified atom stereocenters. The van der Waals surface area contributed by atoms with Crippen LogP contribution in [0, 0.1) is 20.8 Å². The third-order valence-corrected chi connectivity index (χ3v) is 6.02. The van der Waals surface area contributed by atoms with Crippen molar-refractivity contribution in [2.75, 3.05) is 6.16 Å². The third kappa shape index (κ3) is 8.23. The molecule has 0 saturated heterocycles. The monoisotopic (exact) mass is 379 g/mol. The molecule has 0 aliphatic heterocycles. The number of carbonyl (C=O) groups is 2. The normalized spacial score (nSPS) is 11.4. The summed E-state index contributed by atoms with van der Waals surface area (Å²) in [5.41, 5.74) is 3.39. The van der Waals surface area contributed by atoms with E-state index in [9.17, 15) is 14.2 Å². The Bertz CT molecular complexity index is 614. The standard InChI is InChI=1S/C21H31O4P/c1-16-14-17(2)20(18(3)15-16)21(24)26(25)13-11-9-7-5-4-6-8-10-12-19(22)23/h14-15H,4-13H2,1-3H3/p+1. The van der Waals surface area contributed by atoms with E-state index in [-0.39, 0.29) is 11.9 Å². The molecule has 144 valence electrons. The van der Waals surface area contributed by atoms with Crippen molar-refractivity contribution in [1.82, 2.24) is 0 Å². The van der Waals surface area contributed by atoms with Crippen LogP contribution in [-0.4, -0.2) is 22.8 Å². The van der Waals surface area contributed by atoms with Gasteiger partial charge >= 0.3 is 19.3 Å².